The second kappa shape index (κ2) is 8.78. The van der Waals surface area contributed by atoms with Gasteiger partial charge in [-0.25, -0.2) is 15.0 Å². The number of fused-ring (bicyclic) bond motifs is 5. The quantitative estimate of drug-likeness (QED) is 0.237. The molecule has 0 saturated carbocycles. The van der Waals surface area contributed by atoms with Gasteiger partial charge in [0.05, 0.1) is 26.7 Å². The van der Waals surface area contributed by atoms with Crippen LogP contribution in [0, 0.1) is 0 Å². The Kier molecular flexibility index (Phi) is 6.01. The van der Waals surface area contributed by atoms with Gasteiger partial charge in [-0.1, -0.05) is 48.8 Å². The van der Waals surface area contributed by atoms with Crippen molar-refractivity contribution in [1.29, 1.82) is 0 Å². The highest BCUT2D eigenvalue weighted by Gasteiger charge is 2.25. The number of hydrogen-bond acceptors (Lipinski definition) is 6. The van der Waals surface area contributed by atoms with Gasteiger partial charge < -0.3 is 5.32 Å². The predicted octanol–water partition coefficient (Wildman–Crippen LogP) is 6.89. The maximum Gasteiger partial charge on any atom is 0.234 e. The number of pyridine rings is 1. The fraction of sp³-hybridized carbons (Fsp3) is 0.304. The van der Waals surface area contributed by atoms with E-state index in [1.165, 1.54) is 34.0 Å². The fourth-order valence-electron chi connectivity index (χ4n) is 4.20. The minimum Gasteiger partial charge on any atom is -0.324 e. The average molecular weight is 503 g/mol. The van der Waals surface area contributed by atoms with Crippen LogP contribution >= 0.6 is 46.3 Å². The summed E-state index contributed by atoms with van der Waals surface area (Å²) < 4.78 is 0.993. The first-order chi connectivity index (χ1) is 15.4. The molecule has 5 nitrogen and oxygen atoms in total. The molecule has 0 radical (unpaired) electrons. The maximum absolute atomic E-state index is 12.5. The number of aromatic nitrogens is 3. The molecule has 3 heterocycles. The van der Waals surface area contributed by atoms with Gasteiger partial charge in [-0.05, 0) is 54.5 Å². The number of hydrogen-bond donors (Lipinski definition) is 1. The minimum absolute atomic E-state index is 0.159. The first-order valence-electron chi connectivity index (χ1n) is 10.4. The van der Waals surface area contributed by atoms with Gasteiger partial charge in [0.15, 0.2) is 0 Å². The van der Waals surface area contributed by atoms with Gasteiger partial charge in [0.1, 0.15) is 16.2 Å². The van der Waals surface area contributed by atoms with Crippen molar-refractivity contribution in [2.24, 2.45) is 0 Å². The monoisotopic (exact) mass is 502 g/mol. The van der Waals surface area contributed by atoms with Crippen molar-refractivity contribution < 1.29 is 4.79 Å². The maximum atomic E-state index is 12.5. The molecule has 0 aliphatic heterocycles. The summed E-state index contributed by atoms with van der Waals surface area (Å²) in [6, 6.07) is 4.99. The van der Waals surface area contributed by atoms with E-state index in [2.05, 4.69) is 29.1 Å². The highest BCUT2D eigenvalue weighted by molar-refractivity contribution is 8.00. The molecule has 1 aliphatic rings. The molecule has 9 heteroatoms. The van der Waals surface area contributed by atoms with E-state index in [-0.39, 0.29) is 11.7 Å². The molecule has 1 amide bonds. The van der Waals surface area contributed by atoms with Crippen molar-refractivity contribution in [3.63, 3.8) is 0 Å². The zero-order valence-corrected chi connectivity index (χ0v) is 20.7. The SMILES string of the molecule is CC(C)c1nc2sc3c(SCC(=O)Nc4ccc(Cl)cc4Cl)ncnc3c2c2c1CCC2. The van der Waals surface area contributed by atoms with Gasteiger partial charge in [0.25, 0.3) is 0 Å². The number of carbonyl (C=O) groups is 1. The molecule has 1 aliphatic carbocycles. The lowest BCUT2D eigenvalue weighted by Crippen LogP contribution is -2.14. The van der Waals surface area contributed by atoms with Crippen molar-refractivity contribution in [3.8, 4) is 0 Å². The molecule has 4 aromatic rings. The molecule has 0 saturated heterocycles. The fourth-order valence-corrected chi connectivity index (χ4v) is 6.70. The number of amides is 1. The van der Waals surface area contributed by atoms with Crippen LogP contribution < -0.4 is 5.32 Å². The van der Waals surface area contributed by atoms with Gasteiger partial charge in [-0.3, -0.25) is 4.79 Å². The molecule has 0 bridgehead atoms. The summed E-state index contributed by atoms with van der Waals surface area (Å²) in [5, 5.41) is 5.74. The Bertz CT molecular complexity index is 1370. The van der Waals surface area contributed by atoms with Crippen molar-refractivity contribution in [1.82, 2.24) is 15.0 Å². The number of anilines is 1. The third-order valence-corrected chi connectivity index (χ3v) is 8.31. The van der Waals surface area contributed by atoms with Crippen LogP contribution in [0.4, 0.5) is 5.69 Å². The summed E-state index contributed by atoms with van der Waals surface area (Å²) in [6.07, 6.45) is 4.90. The van der Waals surface area contributed by atoms with E-state index in [9.17, 15) is 4.79 Å². The molecule has 0 atom stereocenters. The molecule has 1 N–H and O–H groups in total. The average Bonchev–Trinajstić information content (AvgIpc) is 3.37. The van der Waals surface area contributed by atoms with Crippen LogP contribution in [-0.4, -0.2) is 26.6 Å². The van der Waals surface area contributed by atoms with E-state index in [0.717, 1.165) is 39.3 Å². The molecule has 5 rings (SSSR count). The van der Waals surface area contributed by atoms with Crippen LogP contribution in [0.15, 0.2) is 29.6 Å². The third-order valence-electron chi connectivity index (χ3n) is 5.56. The molecular formula is C23H20Cl2N4OS2. The van der Waals surface area contributed by atoms with Crippen LogP contribution in [0.3, 0.4) is 0 Å². The molecule has 164 valence electrons. The van der Waals surface area contributed by atoms with Crippen LogP contribution in [0.2, 0.25) is 10.0 Å². The number of thiophene rings is 1. The van der Waals surface area contributed by atoms with Crippen molar-refractivity contribution in [2.75, 3.05) is 11.1 Å². The summed E-state index contributed by atoms with van der Waals surface area (Å²) in [4.78, 5) is 27.7. The van der Waals surface area contributed by atoms with Gasteiger partial charge in [-0.15, -0.1) is 11.3 Å². The number of halogens is 2. The number of benzene rings is 1. The molecule has 32 heavy (non-hydrogen) atoms. The largest absolute Gasteiger partial charge is 0.324 e. The Hall–Kier alpha value is -1.93. The molecule has 0 fully saturated rings. The number of carbonyl (C=O) groups excluding carboxylic acids is 1. The Balaban J connectivity index is 1.45. The number of aryl methyl sites for hydroxylation is 1. The highest BCUT2D eigenvalue weighted by Crippen LogP contribution is 2.43. The lowest BCUT2D eigenvalue weighted by atomic mass is 9.99. The highest BCUT2D eigenvalue weighted by atomic mass is 35.5. The van der Waals surface area contributed by atoms with Gasteiger partial charge >= 0.3 is 0 Å². The van der Waals surface area contributed by atoms with Crippen LogP contribution in [0.5, 0.6) is 0 Å². The lowest BCUT2D eigenvalue weighted by molar-refractivity contribution is -0.113. The number of nitrogens with zero attached hydrogens (tertiary/aromatic N) is 3. The van der Waals surface area contributed by atoms with Crippen molar-refractivity contribution >= 4 is 78.3 Å². The summed E-state index contributed by atoms with van der Waals surface area (Å²) in [6.45, 7) is 4.40. The van der Waals surface area contributed by atoms with Crippen molar-refractivity contribution in [3.05, 3.63) is 51.4 Å². The van der Waals surface area contributed by atoms with Crippen LogP contribution in [0.25, 0.3) is 20.4 Å². The van der Waals surface area contributed by atoms with E-state index in [1.54, 1.807) is 35.9 Å². The first kappa shape index (κ1) is 21.9. The zero-order valence-electron chi connectivity index (χ0n) is 17.5. The Morgan fingerprint density at radius 2 is 2.03 bits per heavy atom. The summed E-state index contributed by atoms with van der Waals surface area (Å²) in [7, 11) is 0. The summed E-state index contributed by atoms with van der Waals surface area (Å²) >= 11 is 15.1. The lowest BCUT2D eigenvalue weighted by Gasteiger charge is -2.11. The van der Waals surface area contributed by atoms with E-state index in [1.807, 2.05) is 0 Å². The number of rotatable bonds is 5. The van der Waals surface area contributed by atoms with E-state index in [0.29, 0.717) is 21.7 Å². The Morgan fingerprint density at radius 1 is 1.22 bits per heavy atom. The van der Waals surface area contributed by atoms with Crippen LogP contribution in [0.1, 0.15) is 43.0 Å². The van der Waals surface area contributed by atoms with Gasteiger partial charge in [0, 0.05) is 16.1 Å². The topological polar surface area (TPSA) is 67.8 Å². The van der Waals surface area contributed by atoms with Gasteiger partial charge in [0.2, 0.25) is 5.91 Å². The van der Waals surface area contributed by atoms with E-state index < -0.39 is 0 Å². The van der Waals surface area contributed by atoms with E-state index in [4.69, 9.17) is 28.2 Å². The molecular weight excluding hydrogens is 483 g/mol. The molecule has 3 aromatic heterocycles. The van der Waals surface area contributed by atoms with E-state index >= 15 is 0 Å². The normalized spacial score (nSPS) is 13.3. The van der Waals surface area contributed by atoms with Gasteiger partial charge in [-0.2, -0.15) is 0 Å². The molecule has 1 aromatic carbocycles. The standard InChI is InChI=1S/C23H20Cl2N4OS2/c1-11(2)19-14-5-3-4-13(14)18-20-21(32-22(18)29-19)23(27-10-26-20)31-9-17(30)28-16-7-6-12(24)8-15(16)25/h6-8,10-11H,3-5,9H2,1-2H3,(H,28,30). The zero-order chi connectivity index (χ0) is 22.4. The minimum atomic E-state index is -0.159. The third kappa shape index (κ3) is 3.96. The Labute approximate surface area is 204 Å². The smallest absolute Gasteiger partial charge is 0.234 e. The van der Waals surface area contributed by atoms with Crippen molar-refractivity contribution in [2.45, 2.75) is 44.1 Å². The summed E-state index contributed by atoms with van der Waals surface area (Å²) in [5.74, 6) is 0.440. The van der Waals surface area contributed by atoms with Crippen LogP contribution in [-0.2, 0) is 17.6 Å². The molecule has 0 spiro atoms. The first-order valence-corrected chi connectivity index (χ1v) is 12.9. The number of thioether (sulfide) groups is 1. The number of nitrogens with one attached hydrogen (secondary N) is 1. The summed E-state index contributed by atoms with van der Waals surface area (Å²) in [5.41, 5.74) is 5.49. The Morgan fingerprint density at radius 3 is 2.81 bits per heavy atom. The molecule has 0 unspecified atom stereocenters. The second-order valence-electron chi connectivity index (χ2n) is 8.06. The second-order valence-corrected chi connectivity index (χ2v) is 10.9. The predicted molar refractivity (Wildman–Crippen MR) is 135 cm³/mol.